The summed E-state index contributed by atoms with van der Waals surface area (Å²) < 4.78 is 4.84. The Morgan fingerprint density at radius 2 is 2.11 bits per heavy atom. The number of aliphatic hydroxyl groups is 1. The first-order valence-electron chi connectivity index (χ1n) is 6.75. The SMILES string of the molecule is C=C(CNCC1(O)CCC(C)CC1)C(=O)OCC. The summed E-state index contributed by atoms with van der Waals surface area (Å²) in [5.41, 5.74) is -0.216. The number of nitrogens with one attached hydrogen (secondary N) is 1. The molecule has 0 saturated heterocycles. The Kier molecular flexibility index (Phi) is 5.82. The first-order chi connectivity index (χ1) is 8.47. The normalized spacial score (nSPS) is 27.8. The molecule has 0 aliphatic heterocycles. The van der Waals surface area contributed by atoms with Crippen molar-refractivity contribution >= 4 is 5.97 Å². The number of esters is 1. The average molecular weight is 255 g/mol. The highest BCUT2D eigenvalue weighted by Gasteiger charge is 2.31. The van der Waals surface area contributed by atoms with Crippen molar-refractivity contribution < 1.29 is 14.6 Å². The number of carbonyl (C=O) groups excluding carboxylic acids is 1. The first kappa shape index (κ1) is 15.2. The van der Waals surface area contributed by atoms with Crippen LogP contribution >= 0.6 is 0 Å². The van der Waals surface area contributed by atoms with Gasteiger partial charge in [-0.05, 0) is 38.5 Å². The zero-order chi connectivity index (χ0) is 13.6. The Hall–Kier alpha value is -0.870. The second-order valence-corrected chi connectivity index (χ2v) is 5.33. The third kappa shape index (κ3) is 4.78. The van der Waals surface area contributed by atoms with Gasteiger partial charge in [0.1, 0.15) is 0 Å². The van der Waals surface area contributed by atoms with Gasteiger partial charge in [-0.3, -0.25) is 0 Å². The van der Waals surface area contributed by atoms with E-state index in [4.69, 9.17) is 4.74 Å². The summed E-state index contributed by atoms with van der Waals surface area (Å²) >= 11 is 0. The van der Waals surface area contributed by atoms with Crippen LogP contribution in [-0.4, -0.2) is 36.4 Å². The van der Waals surface area contributed by atoms with Crippen LogP contribution in [0.25, 0.3) is 0 Å². The fourth-order valence-corrected chi connectivity index (χ4v) is 2.23. The summed E-state index contributed by atoms with van der Waals surface area (Å²) in [6.07, 6.45) is 3.79. The molecule has 4 nitrogen and oxygen atoms in total. The molecule has 0 aromatic carbocycles. The third-order valence-electron chi connectivity index (χ3n) is 3.56. The van der Waals surface area contributed by atoms with E-state index in [2.05, 4.69) is 18.8 Å². The lowest BCUT2D eigenvalue weighted by atomic mass is 9.79. The minimum absolute atomic E-state index is 0.361. The molecule has 2 N–H and O–H groups in total. The molecule has 0 unspecified atom stereocenters. The number of ether oxygens (including phenoxy) is 1. The second-order valence-electron chi connectivity index (χ2n) is 5.33. The second kappa shape index (κ2) is 6.90. The van der Waals surface area contributed by atoms with E-state index >= 15 is 0 Å². The maximum Gasteiger partial charge on any atom is 0.334 e. The monoisotopic (exact) mass is 255 g/mol. The van der Waals surface area contributed by atoms with Crippen molar-refractivity contribution in [3.63, 3.8) is 0 Å². The van der Waals surface area contributed by atoms with Crippen molar-refractivity contribution in [2.24, 2.45) is 5.92 Å². The van der Waals surface area contributed by atoms with Crippen LogP contribution in [0.3, 0.4) is 0 Å². The Bertz CT molecular complexity index is 293. The molecule has 104 valence electrons. The third-order valence-corrected chi connectivity index (χ3v) is 3.56. The van der Waals surface area contributed by atoms with Crippen LogP contribution in [0.5, 0.6) is 0 Å². The molecule has 1 fully saturated rings. The van der Waals surface area contributed by atoms with Gasteiger partial charge in [0.15, 0.2) is 0 Å². The molecule has 0 atom stereocenters. The zero-order valence-corrected chi connectivity index (χ0v) is 11.5. The predicted molar refractivity (Wildman–Crippen MR) is 71.2 cm³/mol. The molecule has 0 bridgehead atoms. The van der Waals surface area contributed by atoms with Crippen molar-refractivity contribution in [3.8, 4) is 0 Å². The maximum atomic E-state index is 11.3. The molecule has 0 aromatic rings. The number of hydrogen-bond acceptors (Lipinski definition) is 4. The summed E-state index contributed by atoms with van der Waals surface area (Å²) in [5.74, 6) is 0.342. The topological polar surface area (TPSA) is 58.6 Å². The Morgan fingerprint density at radius 3 is 2.67 bits per heavy atom. The largest absolute Gasteiger partial charge is 0.463 e. The van der Waals surface area contributed by atoms with Gasteiger partial charge in [0.25, 0.3) is 0 Å². The fourth-order valence-electron chi connectivity index (χ4n) is 2.23. The van der Waals surface area contributed by atoms with Gasteiger partial charge in [0.2, 0.25) is 0 Å². The number of rotatable bonds is 6. The van der Waals surface area contributed by atoms with E-state index in [-0.39, 0.29) is 5.97 Å². The average Bonchev–Trinajstić information content (AvgIpc) is 2.33. The van der Waals surface area contributed by atoms with Gasteiger partial charge in [0, 0.05) is 18.7 Å². The lowest BCUT2D eigenvalue weighted by Crippen LogP contribution is -2.44. The van der Waals surface area contributed by atoms with Crippen molar-refractivity contribution in [3.05, 3.63) is 12.2 Å². The molecule has 0 spiro atoms. The molecule has 4 heteroatoms. The van der Waals surface area contributed by atoms with Crippen LogP contribution in [0.4, 0.5) is 0 Å². The van der Waals surface area contributed by atoms with Crippen molar-refractivity contribution in [1.29, 1.82) is 0 Å². The molecule has 0 radical (unpaired) electrons. The van der Waals surface area contributed by atoms with E-state index in [0.717, 1.165) is 25.7 Å². The van der Waals surface area contributed by atoms with Gasteiger partial charge in [-0.1, -0.05) is 13.5 Å². The lowest BCUT2D eigenvalue weighted by molar-refractivity contribution is -0.138. The van der Waals surface area contributed by atoms with E-state index in [1.807, 2.05) is 0 Å². The highest BCUT2D eigenvalue weighted by atomic mass is 16.5. The van der Waals surface area contributed by atoms with Crippen LogP contribution in [0, 0.1) is 5.92 Å². The Balaban J connectivity index is 2.25. The van der Waals surface area contributed by atoms with Crippen LogP contribution in [0.1, 0.15) is 39.5 Å². The summed E-state index contributed by atoms with van der Waals surface area (Å²) in [7, 11) is 0. The van der Waals surface area contributed by atoms with Gasteiger partial charge >= 0.3 is 5.97 Å². The first-order valence-corrected chi connectivity index (χ1v) is 6.75. The minimum Gasteiger partial charge on any atom is -0.463 e. The van der Waals surface area contributed by atoms with Crippen LogP contribution in [0.15, 0.2) is 12.2 Å². The van der Waals surface area contributed by atoms with E-state index in [0.29, 0.717) is 31.2 Å². The van der Waals surface area contributed by atoms with E-state index in [9.17, 15) is 9.90 Å². The Morgan fingerprint density at radius 1 is 1.50 bits per heavy atom. The van der Waals surface area contributed by atoms with Crippen molar-refractivity contribution in [2.75, 3.05) is 19.7 Å². The minimum atomic E-state index is -0.624. The summed E-state index contributed by atoms with van der Waals surface area (Å²) in [6, 6.07) is 0. The van der Waals surface area contributed by atoms with E-state index in [1.165, 1.54) is 0 Å². The smallest absolute Gasteiger partial charge is 0.334 e. The van der Waals surface area contributed by atoms with Crippen LogP contribution in [0.2, 0.25) is 0 Å². The zero-order valence-electron chi connectivity index (χ0n) is 11.5. The Labute approximate surface area is 109 Å². The van der Waals surface area contributed by atoms with Gasteiger partial charge in [-0.25, -0.2) is 4.79 Å². The highest BCUT2D eigenvalue weighted by Crippen LogP contribution is 2.31. The van der Waals surface area contributed by atoms with Crippen molar-refractivity contribution in [1.82, 2.24) is 5.32 Å². The highest BCUT2D eigenvalue weighted by molar-refractivity contribution is 5.88. The predicted octanol–water partition coefficient (Wildman–Crippen LogP) is 1.64. The molecular formula is C14H25NO3. The fraction of sp³-hybridized carbons (Fsp3) is 0.786. The molecule has 18 heavy (non-hydrogen) atoms. The summed E-state index contributed by atoms with van der Waals surface area (Å²) in [4.78, 5) is 11.3. The molecule has 1 aliphatic carbocycles. The van der Waals surface area contributed by atoms with Gasteiger partial charge in [0.05, 0.1) is 12.2 Å². The van der Waals surface area contributed by atoms with Gasteiger partial charge < -0.3 is 15.2 Å². The molecule has 0 heterocycles. The molecule has 1 saturated carbocycles. The molecule has 0 amide bonds. The number of carbonyl (C=O) groups is 1. The van der Waals surface area contributed by atoms with E-state index < -0.39 is 5.60 Å². The quantitative estimate of drug-likeness (QED) is 0.559. The number of hydrogen-bond donors (Lipinski definition) is 2. The standard InChI is InChI=1S/C14H25NO3/c1-4-18-13(16)12(3)9-15-10-14(17)7-5-11(2)6-8-14/h11,15,17H,3-10H2,1-2H3. The molecule has 1 aliphatic rings. The summed E-state index contributed by atoms with van der Waals surface area (Å²) in [5, 5.41) is 13.4. The molecular weight excluding hydrogens is 230 g/mol. The van der Waals surface area contributed by atoms with Gasteiger partial charge in [-0.15, -0.1) is 0 Å². The molecule has 1 rings (SSSR count). The van der Waals surface area contributed by atoms with Crippen molar-refractivity contribution in [2.45, 2.75) is 45.1 Å². The van der Waals surface area contributed by atoms with Gasteiger partial charge in [-0.2, -0.15) is 0 Å². The van der Waals surface area contributed by atoms with E-state index in [1.54, 1.807) is 6.92 Å². The summed E-state index contributed by atoms with van der Waals surface area (Å²) in [6.45, 7) is 8.90. The lowest BCUT2D eigenvalue weighted by Gasteiger charge is -2.35. The molecule has 0 aromatic heterocycles. The maximum absolute atomic E-state index is 11.3. The van der Waals surface area contributed by atoms with Crippen LogP contribution < -0.4 is 5.32 Å². The van der Waals surface area contributed by atoms with Crippen LogP contribution in [-0.2, 0) is 9.53 Å².